The molecule has 1 aromatic rings. The molecule has 0 aromatic heterocycles. The highest BCUT2D eigenvalue weighted by atomic mass is 16.5. The Bertz CT molecular complexity index is 869. The summed E-state index contributed by atoms with van der Waals surface area (Å²) in [6, 6.07) is 5.77. The zero-order chi connectivity index (χ0) is 20.1. The van der Waals surface area contributed by atoms with Gasteiger partial charge in [-0.3, -0.25) is 9.69 Å². The molecule has 0 saturated heterocycles. The Hall–Kier alpha value is -2.77. The minimum atomic E-state index is -0.594. The first-order chi connectivity index (χ1) is 13.2. The average Bonchev–Trinajstić information content (AvgIpc) is 2.72. The number of hydrogen-bond donors (Lipinski definition) is 2. The van der Waals surface area contributed by atoms with Crippen LogP contribution in [-0.4, -0.2) is 37.1 Å². The van der Waals surface area contributed by atoms with E-state index in [1.54, 1.807) is 11.9 Å². The van der Waals surface area contributed by atoms with Crippen LogP contribution in [0.5, 0.6) is 5.75 Å². The predicted octanol–water partition coefficient (Wildman–Crippen LogP) is 2.18. The minimum absolute atomic E-state index is 0.0270. The van der Waals surface area contributed by atoms with Gasteiger partial charge in [0.05, 0.1) is 16.8 Å². The molecule has 150 valence electrons. The van der Waals surface area contributed by atoms with E-state index in [4.69, 9.17) is 21.2 Å². The van der Waals surface area contributed by atoms with E-state index in [2.05, 4.69) is 4.99 Å². The van der Waals surface area contributed by atoms with Crippen molar-refractivity contribution >= 4 is 29.2 Å². The van der Waals surface area contributed by atoms with Crippen LogP contribution >= 0.6 is 0 Å². The Labute approximate surface area is 165 Å². The van der Waals surface area contributed by atoms with Crippen LogP contribution in [0.4, 0.5) is 11.4 Å². The highest BCUT2D eigenvalue weighted by Crippen LogP contribution is 2.43. The molecule has 0 bridgehead atoms. The van der Waals surface area contributed by atoms with E-state index < -0.39 is 11.1 Å². The van der Waals surface area contributed by atoms with Gasteiger partial charge in [-0.15, -0.1) is 0 Å². The Balaban J connectivity index is 1.77. The zero-order valence-corrected chi connectivity index (χ0v) is 16.7. The van der Waals surface area contributed by atoms with Crippen molar-refractivity contribution in [2.24, 2.45) is 26.9 Å². The summed E-state index contributed by atoms with van der Waals surface area (Å²) in [5.41, 5.74) is 12.8. The van der Waals surface area contributed by atoms with Crippen LogP contribution in [0.3, 0.4) is 0 Å². The van der Waals surface area contributed by atoms with Gasteiger partial charge in [0.1, 0.15) is 18.0 Å². The van der Waals surface area contributed by atoms with Gasteiger partial charge in [0, 0.05) is 13.1 Å². The monoisotopic (exact) mass is 384 g/mol. The summed E-state index contributed by atoms with van der Waals surface area (Å²) in [4.78, 5) is 25.3. The maximum absolute atomic E-state index is 12.7. The largest absolute Gasteiger partial charge is 0.490 e. The second kappa shape index (κ2) is 6.39. The number of ether oxygens (including phenoxy) is 1. The molecule has 8 nitrogen and oxygen atoms in total. The molecule has 1 amide bonds. The highest BCUT2D eigenvalue weighted by molar-refractivity contribution is 6.06. The Kier molecular flexibility index (Phi) is 4.24. The fourth-order valence-corrected chi connectivity index (χ4v) is 4.41. The van der Waals surface area contributed by atoms with Crippen LogP contribution in [0.15, 0.2) is 28.2 Å². The molecule has 4 N–H and O–H groups in total. The van der Waals surface area contributed by atoms with Crippen LogP contribution in [0.2, 0.25) is 0 Å². The summed E-state index contributed by atoms with van der Waals surface area (Å²) in [5.74, 6) is 1.25. The first-order valence-electron chi connectivity index (χ1n) is 9.78. The van der Waals surface area contributed by atoms with Gasteiger partial charge in [-0.25, -0.2) is 4.99 Å². The van der Waals surface area contributed by atoms with Gasteiger partial charge < -0.3 is 21.1 Å². The number of guanidine groups is 2. The number of anilines is 2. The first kappa shape index (κ1) is 18.6. The number of fused-ring (bicyclic) bond motifs is 1. The normalized spacial score (nSPS) is 23.5. The van der Waals surface area contributed by atoms with Crippen molar-refractivity contribution in [1.82, 2.24) is 0 Å². The molecular weight excluding hydrogens is 356 g/mol. The van der Waals surface area contributed by atoms with Crippen LogP contribution in [0, 0.1) is 5.41 Å². The smallest absolute Gasteiger partial charge is 0.235 e. The van der Waals surface area contributed by atoms with Crippen LogP contribution < -0.4 is 26.0 Å². The molecular formula is C20H28N6O2. The standard InChI is InChI=1S/C20H28N6O2/c1-19(2)12-28-15-11-13(7-8-14(15)25(3)16(19)27)26-18(22)23-17(21)24-20(26)9-5-4-6-10-20/h7-8,11H,4-6,9-10,12H2,1-3H3,(H4,21,22,23,24). The van der Waals surface area contributed by atoms with Gasteiger partial charge in [-0.2, -0.15) is 4.99 Å². The number of hydrogen-bond acceptors (Lipinski definition) is 7. The molecule has 28 heavy (non-hydrogen) atoms. The van der Waals surface area contributed by atoms with E-state index in [0.29, 0.717) is 18.3 Å². The Morgan fingerprint density at radius 1 is 1.14 bits per heavy atom. The van der Waals surface area contributed by atoms with E-state index in [0.717, 1.165) is 37.1 Å². The summed E-state index contributed by atoms with van der Waals surface area (Å²) in [6.07, 6.45) is 5.04. The van der Waals surface area contributed by atoms with Crippen LogP contribution in [0.25, 0.3) is 0 Å². The van der Waals surface area contributed by atoms with Crippen molar-refractivity contribution in [3.8, 4) is 5.75 Å². The van der Waals surface area contributed by atoms with E-state index in [1.807, 2.05) is 36.9 Å². The van der Waals surface area contributed by atoms with E-state index >= 15 is 0 Å². The Morgan fingerprint density at radius 2 is 1.86 bits per heavy atom. The van der Waals surface area contributed by atoms with Crippen molar-refractivity contribution in [2.45, 2.75) is 51.6 Å². The fraction of sp³-hybridized carbons (Fsp3) is 0.550. The number of benzene rings is 1. The van der Waals surface area contributed by atoms with E-state index in [1.165, 1.54) is 6.42 Å². The van der Waals surface area contributed by atoms with Crippen molar-refractivity contribution in [2.75, 3.05) is 23.5 Å². The van der Waals surface area contributed by atoms with Gasteiger partial charge in [-0.05, 0) is 51.7 Å². The molecule has 1 fully saturated rings. The second-order valence-corrected chi connectivity index (χ2v) is 8.51. The lowest BCUT2D eigenvalue weighted by Gasteiger charge is -2.45. The minimum Gasteiger partial charge on any atom is -0.490 e. The SMILES string of the molecule is CN1C(=O)C(C)(C)COc2cc(N3C(N)=NC(N)=NC34CCCCC4)ccc21. The van der Waals surface area contributed by atoms with Gasteiger partial charge in [-0.1, -0.05) is 6.42 Å². The number of carbonyl (C=O) groups excluding carboxylic acids is 1. The lowest BCUT2D eigenvalue weighted by molar-refractivity contribution is -0.127. The van der Waals surface area contributed by atoms with Gasteiger partial charge in [0.25, 0.3) is 0 Å². The van der Waals surface area contributed by atoms with Crippen molar-refractivity contribution in [1.29, 1.82) is 0 Å². The average molecular weight is 384 g/mol. The van der Waals surface area contributed by atoms with Crippen molar-refractivity contribution in [3.05, 3.63) is 18.2 Å². The van der Waals surface area contributed by atoms with Crippen molar-refractivity contribution < 1.29 is 9.53 Å². The summed E-state index contributed by atoms with van der Waals surface area (Å²) >= 11 is 0. The molecule has 2 aliphatic heterocycles. The molecule has 3 aliphatic rings. The number of aliphatic imine (C=N–C) groups is 2. The Morgan fingerprint density at radius 3 is 2.57 bits per heavy atom. The third-order valence-corrected chi connectivity index (χ3v) is 5.89. The third-order valence-electron chi connectivity index (χ3n) is 5.89. The molecule has 1 aliphatic carbocycles. The second-order valence-electron chi connectivity index (χ2n) is 8.51. The van der Waals surface area contributed by atoms with E-state index in [9.17, 15) is 4.79 Å². The number of nitrogens with zero attached hydrogens (tertiary/aromatic N) is 4. The summed E-state index contributed by atoms with van der Waals surface area (Å²) in [5, 5.41) is 0. The lowest BCUT2D eigenvalue weighted by atomic mass is 9.87. The molecule has 0 radical (unpaired) electrons. The quantitative estimate of drug-likeness (QED) is 0.771. The van der Waals surface area contributed by atoms with Gasteiger partial charge in [0.2, 0.25) is 17.8 Å². The van der Waals surface area contributed by atoms with Gasteiger partial charge >= 0.3 is 0 Å². The first-order valence-corrected chi connectivity index (χ1v) is 9.78. The van der Waals surface area contributed by atoms with Gasteiger partial charge in [0.15, 0.2) is 0 Å². The molecule has 1 aromatic carbocycles. The number of rotatable bonds is 1. The number of nitrogens with two attached hydrogens (primary N) is 2. The molecule has 0 atom stereocenters. The molecule has 8 heteroatoms. The maximum atomic E-state index is 12.7. The molecule has 4 rings (SSSR count). The number of carbonyl (C=O) groups is 1. The summed E-state index contributed by atoms with van der Waals surface area (Å²) in [7, 11) is 1.78. The summed E-state index contributed by atoms with van der Waals surface area (Å²) < 4.78 is 6.04. The highest BCUT2D eigenvalue weighted by Gasteiger charge is 2.43. The topological polar surface area (TPSA) is 110 Å². The summed E-state index contributed by atoms with van der Waals surface area (Å²) in [6.45, 7) is 4.09. The van der Waals surface area contributed by atoms with Crippen LogP contribution in [0.1, 0.15) is 46.0 Å². The predicted molar refractivity (Wildman–Crippen MR) is 111 cm³/mol. The molecule has 0 unspecified atom stereocenters. The zero-order valence-electron chi connectivity index (χ0n) is 16.7. The molecule has 1 saturated carbocycles. The fourth-order valence-electron chi connectivity index (χ4n) is 4.41. The van der Waals surface area contributed by atoms with Crippen molar-refractivity contribution in [3.63, 3.8) is 0 Å². The van der Waals surface area contributed by atoms with Crippen LogP contribution in [-0.2, 0) is 4.79 Å². The molecule has 2 heterocycles. The lowest BCUT2D eigenvalue weighted by Crippen LogP contribution is -2.58. The number of amides is 1. The maximum Gasteiger partial charge on any atom is 0.235 e. The van der Waals surface area contributed by atoms with E-state index in [-0.39, 0.29) is 11.9 Å². The third kappa shape index (κ3) is 2.87. The molecule has 1 spiro atoms.